The van der Waals surface area contributed by atoms with Gasteiger partial charge in [0.2, 0.25) is 0 Å². The van der Waals surface area contributed by atoms with E-state index >= 15 is 0 Å². The Morgan fingerprint density at radius 1 is 1.28 bits per heavy atom. The summed E-state index contributed by atoms with van der Waals surface area (Å²) in [7, 11) is 0. The number of aromatic nitrogens is 1. The molecule has 2 rings (SSSR count). The molecule has 0 atom stereocenters. The van der Waals surface area contributed by atoms with E-state index in [9.17, 15) is 22.7 Å². The molecular formula is C11H11F4NO2. The third kappa shape index (κ3) is 2.46. The van der Waals surface area contributed by atoms with Gasteiger partial charge in [-0.05, 0) is 6.07 Å². The molecule has 0 unspecified atom stereocenters. The van der Waals surface area contributed by atoms with Crippen molar-refractivity contribution >= 4 is 0 Å². The summed E-state index contributed by atoms with van der Waals surface area (Å²) in [6, 6.07) is 0.357. The Morgan fingerprint density at radius 2 is 1.89 bits per heavy atom. The molecule has 7 heteroatoms. The zero-order chi connectivity index (χ0) is 13.4. The van der Waals surface area contributed by atoms with Crippen molar-refractivity contribution in [1.82, 2.24) is 4.98 Å². The molecule has 1 fully saturated rings. The number of aliphatic hydroxyl groups is 1. The summed E-state index contributed by atoms with van der Waals surface area (Å²) in [5.74, 6) is -1.14. The highest BCUT2D eigenvalue weighted by Gasteiger charge is 2.38. The highest BCUT2D eigenvalue weighted by Crippen LogP contribution is 2.35. The van der Waals surface area contributed by atoms with Crippen LogP contribution in [0.5, 0.6) is 0 Å². The summed E-state index contributed by atoms with van der Waals surface area (Å²) in [5.41, 5.74) is -3.06. The summed E-state index contributed by atoms with van der Waals surface area (Å²) in [4.78, 5) is 3.44. The molecule has 100 valence electrons. The van der Waals surface area contributed by atoms with E-state index in [2.05, 4.69) is 4.98 Å². The number of halogens is 4. The van der Waals surface area contributed by atoms with Crippen molar-refractivity contribution in [3.05, 3.63) is 29.3 Å². The second-order valence-corrected chi connectivity index (χ2v) is 4.20. The first-order valence-corrected chi connectivity index (χ1v) is 5.36. The van der Waals surface area contributed by atoms with E-state index in [1.54, 1.807) is 0 Å². The second-order valence-electron chi connectivity index (χ2n) is 4.20. The highest BCUT2D eigenvalue weighted by molar-refractivity contribution is 5.23. The quantitative estimate of drug-likeness (QED) is 0.792. The summed E-state index contributed by atoms with van der Waals surface area (Å²) in [5, 5.41) is 10.2. The van der Waals surface area contributed by atoms with E-state index < -0.39 is 23.2 Å². The Morgan fingerprint density at radius 3 is 2.39 bits per heavy atom. The van der Waals surface area contributed by atoms with Crippen molar-refractivity contribution < 1.29 is 27.4 Å². The van der Waals surface area contributed by atoms with Crippen LogP contribution >= 0.6 is 0 Å². The van der Waals surface area contributed by atoms with Gasteiger partial charge in [0.15, 0.2) is 0 Å². The van der Waals surface area contributed by atoms with Crippen LogP contribution in [-0.4, -0.2) is 23.3 Å². The number of hydrogen-bond acceptors (Lipinski definition) is 3. The zero-order valence-corrected chi connectivity index (χ0v) is 9.30. The first kappa shape index (κ1) is 13.2. The normalized spacial score (nSPS) is 19.8. The lowest BCUT2D eigenvalue weighted by molar-refractivity contribution is -0.138. The fraction of sp³-hybridized carbons (Fsp3) is 0.545. The van der Waals surface area contributed by atoms with Crippen LogP contribution < -0.4 is 0 Å². The van der Waals surface area contributed by atoms with Gasteiger partial charge in [-0.1, -0.05) is 0 Å². The molecule has 1 saturated heterocycles. The monoisotopic (exact) mass is 265 g/mol. The van der Waals surface area contributed by atoms with Crippen LogP contribution in [-0.2, 0) is 16.5 Å². The van der Waals surface area contributed by atoms with Gasteiger partial charge in [-0.2, -0.15) is 13.2 Å². The molecule has 0 aromatic carbocycles. The van der Waals surface area contributed by atoms with Crippen LogP contribution in [0.4, 0.5) is 17.6 Å². The average molecular weight is 265 g/mol. The van der Waals surface area contributed by atoms with Crippen LogP contribution in [0.25, 0.3) is 0 Å². The molecule has 3 nitrogen and oxygen atoms in total. The largest absolute Gasteiger partial charge is 0.417 e. The maximum absolute atomic E-state index is 13.6. The molecule has 0 spiro atoms. The zero-order valence-electron chi connectivity index (χ0n) is 9.30. The minimum atomic E-state index is -4.65. The molecule has 18 heavy (non-hydrogen) atoms. The van der Waals surface area contributed by atoms with E-state index in [0.717, 1.165) is 0 Å². The maximum Gasteiger partial charge on any atom is 0.417 e. The molecule has 0 amide bonds. The van der Waals surface area contributed by atoms with Gasteiger partial charge in [-0.15, -0.1) is 0 Å². The van der Waals surface area contributed by atoms with E-state index in [-0.39, 0.29) is 31.7 Å². The van der Waals surface area contributed by atoms with Crippen LogP contribution in [0.1, 0.15) is 24.1 Å². The van der Waals surface area contributed by atoms with Gasteiger partial charge in [-0.25, -0.2) is 4.39 Å². The average Bonchev–Trinajstić information content (AvgIpc) is 2.28. The smallest absolute Gasteiger partial charge is 0.383 e. The van der Waals surface area contributed by atoms with E-state index in [1.807, 2.05) is 0 Å². The molecule has 0 bridgehead atoms. The summed E-state index contributed by atoms with van der Waals surface area (Å²) >= 11 is 0. The molecule has 1 aromatic heterocycles. The van der Waals surface area contributed by atoms with Gasteiger partial charge in [0.1, 0.15) is 17.1 Å². The maximum atomic E-state index is 13.6. The van der Waals surface area contributed by atoms with E-state index in [0.29, 0.717) is 12.3 Å². The van der Waals surface area contributed by atoms with E-state index in [1.165, 1.54) is 0 Å². The molecule has 1 N–H and O–H groups in total. The minimum Gasteiger partial charge on any atom is -0.383 e. The highest BCUT2D eigenvalue weighted by atomic mass is 19.4. The summed E-state index contributed by atoms with van der Waals surface area (Å²) < 4.78 is 55.7. The predicted octanol–water partition coefficient (Wildman–Crippen LogP) is 2.24. The first-order valence-electron chi connectivity index (χ1n) is 5.36. The number of rotatable bonds is 1. The van der Waals surface area contributed by atoms with Gasteiger partial charge in [-0.3, -0.25) is 4.98 Å². The van der Waals surface area contributed by atoms with Gasteiger partial charge < -0.3 is 9.84 Å². The molecular weight excluding hydrogens is 254 g/mol. The van der Waals surface area contributed by atoms with Gasteiger partial charge in [0, 0.05) is 32.3 Å². The molecule has 1 aliphatic rings. The Labute approximate surface area is 100 Å². The lowest BCUT2D eigenvalue weighted by Crippen LogP contribution is -2.35. The summed E-state index contributed by atoms with van der Waals surface area (Å²) in [6.45, 7) is 0.442. The van der Waals surface area contributed by atoms with Crippen molar-refractivity contribution in [2.24, 2.45) is 0 Å². The standard InChI is InChI=1S/C11H11F4NO2/c12-8-5-7(11(13,14)15)6-16-9(8)10(17)1-3-18-4-2-10/h5-6,17H,1-4H2. The number of nitrogens with zero attached hydrogens (tertiary/aromatic N) is 1. The Kier molecular flexibility index (Phi) is 3.29. The number of pyridine rings is 1. The Bertz CT molecular complexity index is 441. The summed E-state index contributed by atoms with van der Waals surface area (Å²) in [6.07, 6.45) is -3.89. The first-order chi connectivity index (χ1) is 8.33. The Hall–Kier alpha value is -1.21. The molecule has 0 radical (unpaired) electrons. The molecule has 1 aromatic rings. The fourth-order valence-corrected chi connectivity index (χ4v) is 1.88. The number of ether oxygens (including phenoxy) is 1. The van der Waals surface area contributed by atoms with Crippen molar-refractivity contribution in [2.75, 3.05) is 13.2 Å². The molecule has 0 saturated carbocycles. The van der Waals surface area contributed by atoms with Crippen LogP contribution in [0.3, 0.4) is 0 Å². The SMILES string of the molecule is OC1(c2ncc(C(F)(F)F)cc2F)CCOCC1. The van der Waals surface area contributed by atoms with Crippen LogP contribution in [0, 0.1) is 5.82 Å². The third-order valence-corrected chi connectivity index (χ3v) is 2.93. The second kappa shape index (κ2) is 4.47. The van der Waals surface area contributed by atoms with Crippen molar-refractivity contribution in [2.45, 2.75) is 24.6 Å². The molecule has 1 aliphatic heterocycles. The van der Waals surface area contributed by atoms with Crippen LogP contribution in [0.2, 0.25) is 0 Å². The van der Waals surface area contributed by atoms with E-state index in [4.69, 9.17) is 4.74 Å². The van der Waals surface area contributed by atoms with Crippen molar-refractivity contribution in [3.63, 3.8) is 0 Å². The lowest BCUT2D eigenvalue weighted by Gasteiger charge is -2.31. The lowest BCUT2D eigenvalue weighted by atomic mass is 9.89. The fourth-order valence-electron chi connectivity index (χ4n) is 1.88. The van der Waals surface area contributed by atoms with Crippen molar-refractivity contribution in [3.8, 4) is 0 Å². The minimum absolute atomic E-state index is 0.113. The third-order valence-electron chi connectivity index (χ3n) is 2.93. The molecule has 0 aliphatic carbocycles. The van der Waals surface area contributed by atoms with Gasteiger partial charge in [0.05, 0.1) is 5.56 Å². The Balaban J connectivity index is 2.35. The van der Waals surface area contributed by atoms with Gasteiger partial charge >= 0.3 is 6.18 Å². The number of alkyl halides is 3. The van der Waals surface area contributed by atoms with Crippen LogP contribution in [0.15, 0.2) is 12.3 Å². The number of hydrogen-bond donors (Lipinski definition) is 1. The van der Waals surface area contributed by atoms with Crippen molar-refractivity contribution in [1.29, 1.82) is 0 Å². The predicted molar refractivity (Wildman–Crippen MR) is 53.1 cm³/mol. The van der Waals surface area contributed by atoms with Gasteiger partial charge in [0.25, 0.3) is 0 Å². The molecule has 2 heterocycles. The topological polar surface area (TPSA) is 42.4 Å².